The molecule has 4 N–H and O–H groups in total. The van der Waals surface area contributed by atoms with Crippen molar-refractivity contribution in [2.75, 3.05) is 71.1 Å². The Morgan fingerprint density at radius 3 is 1.78 bits per heavy atom. The van der Waals surface area contributed by atoms with Crippen molar-refractivity contribution >= 4 is 51.7 Å². The number of aromatic amines is 1. The van der Waals surface area contributed by atoms with Gasteiger partial charge in [0.2, 0.25) is 5.91 Å². The molecule has 2 saturated carbocycles. The minimum Gasteiger partial charge on any atom is -0.497 e. The zero-order valence-corrected chi connectivity index (χ0v) is 50.3. The van der Waals surface area contributed by atoms with Gasteiger partial charge in [-0.15, -0.1) is 0 Å². The molecule has 2 saturated heterocycles. The van der Waals surface area contributed by atoms with Crippen molar-refractivity contribution in [1.29, 1.82) is 0 Å². The highest BCUT2D eigenvalue weighted by Crippen LogP contribution is 2.37. The first kappa shape index (κ1) is 61.1. The molecule has 4 fully saturated rings. The topological polar surface area (TPSA) is 218 Å². The van der Waals surface area contributed by atoms with Crippen LogP contribution in [0.5, 0.6) is 28.7 Å². The number of rotatable bonds is 19. The number of benzene rings is 3. The van der Waals surface area contributed by atoms with E-state index < -0.39 is 11.6 Å². The molecule has 4 aromatic heterocycles. The van der Waals surface area contributed by atoms with Crippen LogP contribution in [0.2, 0.25) is 0 Å². The lowest BCUT2D eigenvalue weighted by atomic mass is 10.1. The van der Waals surface area contributed by atoms with Gasteiger partial charge in [0.05, 0.1) is 13.7 Å². The number of likely N-dealkylation sites (tertiary alicyclic amines) is 2. The number of carboxylic acid groups (broad SMARTS) is 1. The van der Waals surface area contributed by atoms with Gasteiger partial charge in [-0.05, 0) is 142 Å². The van der Waals surface area contributed by atoms with Crippen LogP contribution in [0.15, 0.2) is 122 Å². The second kappa shape index (κ2) is 28.4. The number of nitrogens with one attached hydrogen (secondary N) is 3. The first-order valence-corrected chi connectivity index (χ1v) is 29.5. The number of amides is 2. The Morgan fingerprint density at radius 1 is 0.682 bits per heavy atom. The number of ether oxygens (including phenoxy) is 4. The summed E-state index contributed by atoms with van der Waals surface area (Å²) >= 11 is 0. The van der Waals surface area contributed by atoms with Crippen molar-refractivity contribution in [2.24, 2.45) is 0 Å². The summed E-state index contributed by atoms with van der Waals surface area (Å²) in [6.45, 7) is 14.5. The summed E-state index contributed by atoms with van der Waals surface area (Å²) in [7, 11) is 5.79. The summed E-state index contributed by atoms with van der Waals surface area (Å²) in [5, 5.41) is 29.5. The molecule has 2 atom stereocenters. The van der Waals surface area contributed by atoms with Crippen LogP contribution < -0.4 is 24.8 Å². The van der Waals surface area contributed by atoms with E-state index in [2.05, 4.69) is 42.7 Å². The maximum absolute atomic E-state index is 12.8. The fourth-order valence-electron chi connectivity index (χ4n) is 10.2. The number of aliphatic carboxylic acids is 1. The van der Waals surface area contributed by atoms with Crippen molar-refractivity contribution in [3.8, 4) is 28.7 Å². The Morgan fingerprint density at radius 2 is 1.21 bits per heavy atom. The Balaban J connectivity index is 0.000000174. The molecule has 85 heavy (non-hydrogen) atoms. The molecular formula is C65H82N12O8. The summed E-state index contributed by atoms with van der Waals surface area (Å²) < 4.78 is 25.3. The number of methoxy groups -OCH3 is 1. The average molecular weight is 1160 g/mol. The third-order valence-electron chi connectivity index (χ3n) is 15.1. The van der Waals surface area contributed by atoms with E-state index in [0.29, 0.717) is 72.7 Å². The maximum Gasteiger partial charge on any atom is 0.410 e. The molecule has 0 radical (unpaired) electrons. The number of piperidine rings is 2. The Hall–Kier alpha value is -8.49. The quantitative estimate of drug-likeness (QED) is 0.0554. The van der Waals surface area contributed by atoms with Crippen molar-refractivity contribution in [3.05, 3.63) is 138 Å². The highest BCUT2D eigenvalue weighted by atomic mass is 16.6. The van der Waals surface area contributed by atoms with Crippen LogP contribution in [-0.4, -0.2) is 163 Å². The van der Waals surface area contributed by atoms with Gasteiger partial charge in [-0.1, -0.05) is 59.7 Å². The van der Waals surface area contributed by atoms with E-state index in [0.717, 1.165) is 84.5 Å². The number of carbonyl (C=O) groups excluding carboxylic acids is 2. The van der Waals surface area contributed by atoms with Gasteiger partial charge in [-0.2, -0.15) is 10.2 Å². The molecule has 450 valence electrons. The van der Waals surface area contributed by atoms with Crippen molar-refractivity contribution in [2.45, 2.75) is 122 Å². The number of anilines is 2. The number of hydrogen-bond donors (Lipinski definition) is 4. The average Bonchev–Trinajstić information content (AvgIpc) is 3.10. The number of aryl methyl sites for hydroxylation is 2. The number of aromatic nitrogens is 6. The van der Waals surface area contributed by atoms with Crippen LogP contribution in [-0.2, 0) is 20.9 Å². The van der Waals surface area contributed by atoms with Crippen LogP contribution >= 0.6 is 0 Å². The van der Waals surface area contributed by atoms with Gasteiger partial charge in [-0.3, -0.25) is 19.7 Å². The van der Waals surface area contributed by atoms with E-state index in [-0.39, 0.29) is 24.1 Å². The van der Waals surface area contributed by atoms with E-state index in [1.54, 1.807) is 36.6 Å². The molecule has 6 heterocycles. The molecule has 20 nitrogen and oxygen atoms in total. The normalized spacial score (nSPS) is 17.2. The summed E-state index contributed by atoms with van der Waals surface area (Å²) in [4.78, 5) is 52.8. The highest BCUT2D eigenvalue weighted by Gasteiger charge is 2.31. The minimum absolute atomic E-state index is 0.00114. The van der Waals surface area contributed by atoms with Gasteiger partial charge in [0.1, 0.15) is 45.1 Å². The SMILES string of the molecule is CN(C/C=C/C(=O)O)C1CC1.COc1ccc(Cn2nc(N[C@@H]3CCCN(C(=O)OC(C)(C)C)C3)c3c(Oc4ccc(C)cc4)ccnc32)cc1.Cc1ccc(Oc2ccnc3[nH]nc(N[C@@H]4CCCN(C(=O)/C=C/CN(C)C5CC5)C4)c23)cc1. The lowest BCUT2D eigenvalue weighted by Gasteiger charge is -2.34. The van der Waals surface area contributed by atoms with E-state index in [1.165, 1.54) is 37.3 Å². The summed E-state index contributed by atoms with van der Waals surface area (Å²) in [5.74, 6) is 4.24. The first-order valence-electron chi connectivity index (χ1n) is 29.5. The number of carboxylic acids is 1. The van der Waals surface area contributed by atoms with Crippen LogP contribution in [0, 0.1) is 13.8 Å². The van der Waals surface area contributed by atoms with E-state index >= 15 is 0 Å². The van der Waals surface area contributed by atoms with E-state index in [1.807, 2.05) is 142 Å². The second-order valence-electron chi connectivity index (χ2n) is 23.5. The molecule has 3 aromatic carbocycles. The third kappa shape index (κ3) is 17.8. The van der Waals surface area contributed by atoms with Crippen LogP contribution in [0.4, 0.5) is 16.4 Å². The lowest BCUT2D eigenvalue weighted by molar-refractivity contribution is -0.131. The summed E-state index contributed by atoms with van der Waals surface area (Å²) in [6, 6.07) is 29.0. The predicted octanol–water partition coefficient (Wildman–Crippen LogP) is 11.2. The fraction of sp³-hybridized carbons (Fsp3) is 0.431. The molecule has 0 bridgehead atoms. The highest BCUT2D eigenvalue weighted by molar-refractivity contribution is 5.94. The van der Waals surface area contributed by atoms with Crippen molar-refractivity contribution in [3.63, 3.8) is 0 Å². The summed E-state index contributed by atoms with van der Waals surface area (Å²) in [6.07, 6.45) is 18.5. The third-order valence-corrected chi connectivity index (χ3v) is 15.1. The van der Waals surface area contributed by atoms with Gasteiger partial charge < -0.3 is 44.5 Å². The molecule has 4 aliphatic rings. The van der Waals surface area contributed by atoms with Crippen LogP contribution in [0.3, 0.4) is 0 Å². The van der Waals surface area contributed by atoms with Crippen LogP contribution in [0.25, 0.3) is 22.1 Å². The van der Waals surface area contributed by atoms with Gasteiger partial charge in [-0.25, -0.2) is 24.2 Å². The van der Waals surface area contributed by atoms with Crippen molar-refractivity contribution in [1.82, 2.24) is 49.5 Å². The molecule has 0 spiro atoms. The Bertz CT molecular complexity index is 3400. The monoisotopic (exact) mass is 1160 g/mol. The number of fused-ring (bicyclic) bond motifs is 2. The second-order valence-corrected chi connectivity index (χ2v) is 23.5. The standard InChI is InChI=1S/C31H37N5O4.C26H32N6O2.C8H13NO2/c1-21-8-12-25(13-9-21)39-26-16-17-32-29-27(26)28(34-36(29)19-22-10-14-24(38-5)15-11-22)33-23-7-6-18-35(20-23)30(37)40-31(2,3)4;1-18-7-11-21(12-8-18)34-22-13-14-27-25-24(22)26(30-29-25)28-19-5-3-16-32(17-19)23(33)6-4-15-31(2)20-9-10-20;1-9(7-4-5-7)6-2-3-8(10)11/h8-17,23H,6-7,18-20H2,1-5H3,(H,33,34);4,6-8,11-14,19-20H,3,5,9-10,15-17H2,1-2H3,(H2,27,28,29,30);2-3,7H,4-6H2,1H3,(H,10,11)/b;6-4+;3-2+/t23-;19-;/m11./s1. The van der Waals surface area contributed by atoms with Gasteiger partial charge in [0, 0.05) is 100 Å². The summed E-state index contributed by atoms with van der Waals surface area (Å²) in [5.41, 5.74) is 4.24. The number of nitrogens with zero attached hydrogens (tertiary/aromatic N) is 9. The number of carbonyl (C=O) groups is 3. The lowest BCUT2D eigenvalue weighted by Crippen LogP contribution is -2.47. The fourth-order valence-corrected chi connectivity index (χ4v) is 10.2. The molecule has 2 aliphatic heterocycles. The smallest absolute Gasteiger partial charge is 0.410 e. The molecular weight excluding hydrogens is 1080 g/mol. The Labute approximate surface area is 498 Å². The largest absolute Gasteiger partial charge is 0.497 e. The van der Waals surface area contributed by atoms with Gasteiger partial charge in [0.25, 0.3) is 0 Å². The number of H-pyrrole nitrogens is 1. The molecule has 20 heteroatoms. The number of pyridine rings is 2. The van der Waals surface area contributed by atoms with Crippen molar-refractivity contribution < 1.29 is 38.4 Å². The number of hydrogen-bond acceptors (Lipinski definition) is 15. The Kier molecular flexibility index (Phi) is 20.4. The van der Waals surface area contributed by atoms with Gasteiger partial charge in [0.15, 0.2) is 22.9 Å². The van der Waals surface area contributed by atoms with E-state index in [9.17, 15) is 14.4 Å². The molecule has 2 amide bonds. The van der Waals surface area contributed by atoms with Crippen LogP contribution in [0.1, 0.15) is 88.8 Å². The molecule has 0 unspecified atom stereocenters. The van der Waals surface area contributed by atoms with E-state index in [4.69, 9.17) is 34.1 Å². The maximum atomic E-state index is 12.8. The molecule has 11 rings (SSSR count). The first-order chi connectivity index (χ1) is 40.9. The minimum atomic E-state index is -0.866. The zero-order valence-electron chi connectivity index (χ0n) is 50.3. The number of likely N-dealkylation sites (N-methyl/N-ethyl adjacent to an activating group) is 2. The zero-order chi connectivity index (χ0) is 60.0. The molecule has 2 aliphatic carbocycles. The van der Waals surface area contributed by atoms with Gasteiger partial charge >= 0.3 is 12.1 Å². The molecule has 7 aromatic rings. The predicted molar refractivity (Wildman–Crippen MR) is 331 cm³/mol.